The number of nitrogens with one attached hydrogen (secondary N) is 1. The molecular formula is C22H24Cl2N2O2. The maximum Gasteiger partial charge on any atom is 0.257 e. The predicted molar refractivity (Wildman–Crippen MR) is 114 cm³/mol. The van der Waals surface area contributed by atoms with Gasteiger partial charge in [0.15, 0.2) is 0 Å². The average molecular weight is 419 g/mol. The van der Waals surface area contributed by atoms with Crippen molar-refractivity contribution < 1.29 is 9.59 Å². The van der Waals surface area contributed by atoms with Crippen LogP contribution in [0.3, 0.4) is 0 Å². The van der Waals surface area contributed by atoms with Crippen molar-refractivity contribution in [2.45, 2.75) is 32.1 Å². The fourth-order valence-electron chi connectivity index (χ4n) is 3.66. The number of halogens is 2. The van der Waals surface area contributed by atoms with Crippen LogP contribution in [0.2, 0.25) is 10.0 Å². The molecule has 28 heavy (non-hydrogen) atoms. The highest BCUT2D eigenvalue weighted by Gasteiger charge is 2.21. The van der Waals surface area contributed by atoms with Gasteiger partial charge >= 0.3 is 0 Å². The van der Waals surface area contributed by atoms with Gasteiger partial charge in [0, 0.05) is 19.3 Å². The molecule has 0 heterocycles. The van der Waals surface area contributed by atoms with Crippen molar-refractivity contribution in [3.05, 3.63) is 63.6 Å². The lowest BCUT2D eigenvalue weighted by molar-refractivity contribution is 0.0760. The van der Waals surface area contributed by atoms with Gasteiger partial charge in [0.1, 0.15) is 0 Å². The first-order valence-electron chi connectivity index (χ1n) is 9.56. The topological polar surface area (TPSA) is 49.4 Å². The smallest absolute Gasteiger partial charge is 0.257 e. The van der Waals surface area contributed by atoms with Crippen LogP contribution >= 0.6 is 23.2 Å². The van der Waals surface area contributed by atoms with Crippen LogP contribution in [0, 0.1) is 5.92 Å². The molecule has 148 valence electrons. The summed E-state index contributed by atoms with van der Waals surface area (Å²) in [4.78, 5) is 26.9. The largest absolute Gasteiger partial charge is 0.341 e. The molecule has 1 aliphatic carbocycles. The molecule has 0 atom stereocenters. The Morgan fingerprint density at radius 3 is 2.39 bits per heavy atom. The summed E-state index contributed by atoms with van der Waals surface area (Å²) in [6, 6.07) is 11.8. The normalized spacial score (nSPS) is 14.5. The highest BCUT2D eigenvalue weighted by Crippen LogP contribution is 2.27. The lowest BCUT2D eigenvalue weighted by Crippen LogP contribution is -2.32. The minimum absolute atomic E-state index is 0.0976. The molecule has 1 fully saturated rings. The Balaban J connectivity index is 1.67. The number of hydrogen-bond donors (Lipinski definition) is 1. The molecule has 1 saturated carbocycles. The SMILES string of the molecule is CN(CC1CCCCC1)C(=O)c1ccc(NC(=O)c2ccccc2Cl)cc1Cl. The van der Waals surface area contributed by atoms with E-state index in [0.29, 0.717) is 32.8 Å². The van der Waals surface area contributed by atoms with Crippen molar-refractivity contribution >= 4 is 40.7 Å². The van der Waals surface area contributed by atoms with E-state index in [-0.39, 0.29) is 11.8 Å². The Bertz CT molecular complexity index is 863. The molecular weight excluding hydrogens is 395 g/mol. The number of carbonyl (C=O) groups is 2. The summed E-state index contributed by atoms with van der Waals surface area (Å²) in [6.07, 6.45) is 6.14. The fraction of sp³-hybridized carbons (Fsp3) is 0.364. The van der Waals surface area contributed by atoms with Crippen LogP contribution in [0.25, 0.3) is 0 Å². The lowest BCUT2D eigenvalue weighted by Gasteiger charge is -2.27. The van der Waals surface area contributed by atoms with Gasteiger partial charge < -0.3 is 10.2 Å². The van der Waals surface area contributed by atoms with E-state index in [2.05, 4.69) is 5.32 Å². The molecule has 1 N–H and O–H groups in total. The number of amides is 2. The Hall–Kier alpha value is -2.04. The minimum Gasteiger partial charge on any atom is -0.341 e. The number of hydrogen-bond acceptors (Lipinski definition) is 2. The Morgan fingerprint density at radius 1 is 1.00 bits per heavy atom. The molecule has 4 nitrogen and oxygen atoms in total. The van der Waals surface area contributed by atoms with Gasteiger partial charge in [-0.05, 0) is 49.1 Å². The van der Waals surface area contributed by atoms with Crippen molar-refractivity contribution in [2.24, 2.45) is 5.92 Å². The van der Waals surface area contributed by atoms with Crippen LogP contribution in [-0.4, -0.2) is 30.3 Å². The minimum atomic E-state index is -0.324. The van der Waals surface area contributed by atoms with Gasteiger partial charge in [-0.15, -0.1) is 0 Å². The molecule has 2 aromatic carbocycles. The Kier molecular flexibility index (Phi) is 6.97. The third kappa shape index (κ3) is 5.06. The molecule has 0 radical (unpaired) electrons. The average Bonchev–Trinajstić information content (AvgIpc) is 2.68. The second-order valence-corrected chi connectivity index (χ2v) is 8.13. The number of carbonyl (C=O) groups excluding carboxylic acids is 2. The summed E-state index contributed by atoms with van der Waals surface area (Å²) >= 11 is 12.4. The molecule has 0 aliphatic heterocycles. The van der Waals surface area contributed by atoms with Crippen LogP contribution in [-0.2, 0) is 0 Å². The van der Waals surface area contributed by atoms with Crippen LogP contribution in [0.5, 0.6) is 0 Å². The number of anilines is 1. The van der Waals surface area contributed by atoms with Crippen molar-refractivity contribution in [3.8, 4) is 0 Å². The van der Waals surface area contributed by atoms with Gasteiger partial charge in [0.25, 0.3) is 11.8 Å². The summed E-state index contributed by atoms with van der Waals surface area (Å²) in [7, 11) is 1.82. The second kappa shape index (κ2) is 9.44. The Morgan fingerprint density at radius 2 is 1.71 bits per heavy atom. The van der Waals surface area contributed by atoms with Gasteiger partial charge in [-0.3, -0.25) is 9.59 Å². The monoisotopic (exact) mass is 418 g/mol. The molecule has 2 amide bonds. The summed E-state index contributed by atoms with van der Waals surface area (Å²) in [6.45, 7) is 0.750. The van der Waals surface area contributed by atoms with E-state index in [0.717, 1.165) is 6.54 Å². The molecule has 0 aromatic heterocycles. The fourth-order valence-corrected chi connectivity index (χ4v) is 4.14. The summed E-state index contributed by atoms with van der Waals surface area (Å²) in [5.41, 5.74) is 1.34. The van der Waals surface area contributed by atoms with Gasteiger partial charge in [-0.1, -0.05) is 54.6 Å². The first-order valence-corrected chi connectivity index (χ1v) is 10.3. The number of rotatable bonds is 5. The molecule has 3 rings (SSSR count). The second-order valence-electron chi connectivity index (χ2n) is 7.32. The first-order chi connectivity index (χ1) is 13.5. The maximum atomic E-state index is 12.8. The third-order valence-electron chi connectivity index (χ3n) is 5.18. The van der Waals surface area contributed by atoms with E-state index >= 15 is 0 Å². The van der Waals surface area contributed by atoms with E-state index in [1.165, 1.54) is 32.1 Å². The predicted octanol–water partition coefficient (Wildman–Crippen LogP) is 5.90. The van der Waals surface area contributed by atoms with Gasteiger partial charge in [-0.25, -0.2) is 0 Å². The van der Waals surface area contributed by atoms with E-state index < -0.39 is 0 Å². The first kappa shape index (κ1) is 20.7. The molecule has 0 saturated heterocycles. The zero-order chi connectivity index (χ0) is 20.1. The van der Waals surface area contributed by atoms with Crippen molar-refractivity contribution in [1.29, 1.82) is 0 Å². The Labute approximate surface area is 175 Å². The molecule has 2 aromatic rings. The molecule has 0 spiro atoms. The van der Waals surface area contributed by atoms with E-state index in [4.69, 9.17) is 23.2 Å². The zero-order valence-corrected chi connectivity index (χ0v) is 17.4. The molecule has 6 heteroatoms. The third-order valence-corrected chi connectivity index (χ3v) is 5.82. The summed E-state index contributed by atoms with van der Waals surface area (Å²) in [5.74, 6) is 0.144. The van der Waals surface area contributed by atoms with Gasteiger partial charge in [-0.2, -0.15) is 0 Å². The number of nitrogens with zero attached hydrogens (tertiary/aromatic N) is 1. The van der Waals surface area contributed by atoms with Gasteiger partial charge in [0.05, 0.1) is 21.2 Å². The van der Waals surface area contributed by atoms with E-state index in [9.17, 15) is 9.59 Å². The highest BCUT2D eigenvalue weighted by atomic mass is 35.5. The molecule has 1 aliphatic rings. The number of benzene rings is 2. The van der Waals surface area contributed by atoms with Crippen LogP contribution in [0.15, 0.2) is 42.5 Å². The molecule has 0 unspecified atom stereocenters. The van der Waals surface area contributed by atoms with Crippen LogP contribution in [0.4, 0.5) is 5.69 Å². The van der Waals surface area contributed by atoms with Crippen molar-refractivity contribution in [1.82, 2.24) is 4.90 Å². The molecule has 0 bridgehead atoms. The van der Waals surface area contributed by atoms with Crippen molar-refractivity contribution in [3.63, 3.8) is 0 Å². The quantitative estimate of drug-likeness (QED) is 0.656. The van der Waals surface area contributed by atoms with Crippen LogP contribution in [0.1, 0.15) is 52.8 Å². The van der Waals surface area contributed by atoms with E-state index in [1.54, 1.807) is 47.4 Å². The van der Waals surface area contributed by atoms with Gasteiger partial charge in [0.2, 0.25) is 0 Å². The summed E-state index contributed by atoms with van der Waals surface area (Å²) in [5, 5.41) is 3.46. The summed E-state index contributed by atoms with van der Waals surface area (Å²) < 4.78 is 0. The maximum absolute atomic E-state index is 12.8. The lowest BCUT2D eigenvalue weighted by atomic mass is 9.89. The standard InChI is InChI=1S/C22H24Cl2N2O2/c1-26(14-15-7-3-2-4-8-15)22(28)18-12-11-16(13-20(18)24)25-21(27)17-9-5-6-10-19(17)23/h5-6,9-13,15H,2-4,7-8,14H2,1H3,(H,25,27). The van der Waals surface area contributed by atoms with Crippen molar-refractivity contribution in [2.75, 3.05) is 18.9 Å². The highest BCUT2D eigenvalue weighted by molar-refractivity contribution is 6.35. The zero-order valence-electron chi connectivity index (χ0n) is 15.9. The van der Waals surface area contributed by atoms with Crippen LogP contribution < -0.4 is 5.32 Å². The van der Waals surface area contributed by atoms with E-state index in [1.807, 2.05) is 7.05 Å².